The normalized spacial score (nSPS) is 13.1. The lowest BCUT2D eigenvalue weighted by Crippen LogP contribution is -2.45. The summed E-state index contributed by atoms with van der Waals surface area (Å²) in [7, 11) is 0. The van der Waals surface area contributed by atoms with E-state index in [0.29, 0.717) is 0 Å². The molecule has 0 fully saturated rings. The number of hydrogen-bond acceptors (Lipinski definition) is 6. The maximum atomic E-state index is 11.9. The Morgan fingerprint density at radius 2 is 1.25 bits per heavy atom. The predicted molar refractivity (Wildman–Crippen MR) is 73.1 cm³/mol. The van der Waals surface area contributed by atoms with Crippen LogP contribution in [0.15, 0.2) is 25.3 Å². The van der Waals surface area contributed by atoms with E-state index in [1.807, 2.05) is 0 Å². The molecule has 0 aromatic carbocycles. The van der Waals surface area contributed by atoms with Gasteiger partial charge in [0, 0.05) is 0 Å². The van der Waals surface area contributed by atoms with E-state index in [1.165, 1.54) is 12.2 Å². The van der Waals surface area contributed by atoms with E-state index in [1.54, 1.807) is 13.8 Å². The Bertz CT molecular complexity index is 294. The van der Waals surface area contributed by atoms with Gasteiger partial charge in [-0.1, -0.05) is 12.2 Å². The van der Waals surface area contributed by atoms with Gasteiger partial charge in [0.2, 0.25) is 0 Å². The summed E-state index contributed by atoms with van der Waals surface area (Å²) < 4.78 is 20.3. The first-order chi connectivity index (χ1) is 9.62. The van der Waals surface area contributed by atoms with Crippen molar-refractivity contribution < 1.29 is 28.5 Å². The number of rotatable bonds is 11. The third kappa shape index (κ3) is 6.49. The van der Waals surface area contributed by atoms with Gasteiger partial charge in [0.1, 0.15) is 0 Å². The molecule has 0 heterocycles. The number of carbonyl (C=O) groups excluding carboxylic acids is 2. The van der Waals surface area contributed by atoms with Gasteiger partial charge in [-0.05, 0) is 13.8 Å². The first-order valence-electron chi connectivity index (χ1n) is 6.40. The van der Waals surface area contributed by atoms with Crippen LogP contribution in [0, 0.1) is 0 Å². The summed E-state index contributed by atoms with van der Waals surface area (Å²) in [6.45, 7) is 10.8. The molecule has 0 saturated heterocycles. The Labute approximate surface area is 119 Å². The monoisotopic (exact) mass is 286 g/mol. The Morgan fingerprint density at radius 1 is 0.900 bits per heavy atom. The van der Waals surface area contributed by atoms with E-state index in [2.05, 4.69) is 13.2 Å². The largest absolute Gasteiger partial charge is 0.464 e. The molecule has 0 bridgehead atoms. The van der Waals surface area contributed by atoms with Gasteiger partial charge >= 0.3 is 11.9 Å². The van der Waals surface area contributed by atoms with Crippen molar-refractivity contribution >= 4 is 11.9 Å². The zero-order valence-electron chi connectivity index (χ0n) is 12.0. The van der Waals surface area contributed by atoms with Gasteiger partial charge in [0.05, 0.1) is 26.4 Å². The minimum absolute atomic E-state index is 0.0802. The molecular formula is C14H22O6. The van der Waals surface area contributed by atoms with Crippen molar-refractivity contribution in [2.75, 3.05) is 26.4 Å². The minimum atomic E-state index is -1.20. The Balaban J connectivity index is 5.02. The first-order valence-corrected chi connectivity index (χ1v) is 6.40. The third-order valence-electron chi connectivity index (χ3n) is 2.10. The summed E-state index contributed by atoms with van der Waals surface area (Å²) in [5.41, 5.74) is 0. The predicted octanol–water partition coefficient (Wildman–Crippen LogP) is 1.25. The van der Waals surface area contributed by atoms with Crippen molar-refractivity contribution in [3.05, 3.63) is 25.3 Å². The Kier molecular flexibility index (Phi) is 10.3. The van der Waals surface area contributed by atoms with Crippen LogP contribution in [0.5, 0.6) is 0 Å². The molecule has 0 aliphatic rings. The van der Waals surface area contributed by atoms with Crippen LogP contribution >= 0.6 is 0 Å². The average molecular weight is 286 g/mol. The van der Waals surface area contributed by atoms with Crippen LogP contribution in [0.25, 0.3) is 0 Å². The fraction of sp³-hybridized carbons (Fsp3) is 0.571. The summed E-state index contributed by atoms with van der Waals surface area (Å²) in [4.78, 5) is 23.7. The molecule has 0 saturated carbocycles. The highest BCUT2D eigenvalue weighted by atomic mass is 16.6. The highest BCUT2D eigenvalue weighted by Crippen LogP contribution is 2.10. The van der Waals surface area contributed by atoms with E-state index < -0.39 is 24.1 Å². The van der Waals surface area contributed by atoms with Gasteiger partial charge in [-0.15, -0.1) is 13.2 Å². The fourth-order valence-electron chi connectivity index (χ4n) is 1.35. The van der Waals surface area contributed by atoms with Crippen molar-refractivity contribution in [3.63, 3.8) is 0 Å². The van der Waals surface area contributed by atoms with Gasteiger partial charge in [-0.3, -0.25) is 0 Å². The van der Waals surface area contributed by atoms with Crippen LogP contribution < -0.4 is 0 Å². The number of hydrogen-bond donors (Lipinski definition) is 0. The van der Waals surface area contributed by atoms with Crippen LogP contribution in [0.4, 0.5) is 0 Å². The zero-order valence-corrected chi connectivity index (χ0v) is 12.0. The van der Waals surface area contributed by atoms with Gasteiger partial charge in [-0.2, -0.15) is 0 Å². The molecule has 0 aliphatic heterocycles. The molecule has 20 heavy (non-hydrogen) atoms. The van der Waals surface area contributed by atoms with Gasteiger partial charge in [0.25, 0.3) is 0 Å². The molecule has 114 valence electrons. The van der Waals surface area contributed by atoms with Crippen LogP contribution in [-0.4, -0.2) is 50.6 Å². The number of ether oxygens (including phenoxy) is 4. The highest BCUT2D eigenvalue weighted by molar-refractivity contribution is 5.85. The van der Waals surface area contributed by atoms with E-state index in [9.17, 15) is 9.59 Å². The number of carbonyl (C=O) groups is 2. The van der Waals surface area contributed by atoms with Crippen LogP contribution in [0.3, 0.4) is 0 Å². The van der Waals surface area contributed by atoms with Crippen molar-refractivity contribution in [2.45, 2.75) is 26.1 Å². The fourth-order valence-corrected chi connectivity index (χ4v) is 1.35. The minimum Gasteiger partial charge on any atom is -0.464 e. The van der Waals surface area contributed by atoms with E-state index >= 15 is 0 Å². The summed E-state index contributed by atoms with van der Waals surface area (Å²) in [6, 6.07) is 0. The van der Waals surface area contributed by atoms with Crippen molar-refractivity contribution in [2.24, 2.45) is 0 Å². The molecule has 6 nitrogen and oxygen atoms in total. The second-order valence-electron chi connectivity index (χ2n) is 3.59. The zero-order chi connectivity index (χ0) is 15.4. The maximum Gasteiger partial charge on any atom is 0.338 e. The quantitative estimate of drug-likeness (QED) is 0.420. The second-order valence-corrected chi connectivity index (χ2v) is 3.59. The van der Waals surface area contributed by atoms with Crippen LogP contribution in [0.2, 0.25) is 0 Å². The maximum absolute atomic E-state index is 11.9. The molecule has 0 radical (unpaired) electrons. The molecule has 0 aliphatic carbocycles. The highest BCUT2D eigenvalue weighted by Gasteiger charge is 2.37. The topological polar surface area (TPSA) is 71.1 Å². The lowest BCUT2D eigenvalue weighted by Gasteiger charge is -2.23. The molecule has 0 spiro atoms. The molecule has 0 aromatic heterocycles. The molecular weight excluding hydrogens is 264 g/mol. The summed E-state index contributed by atoms with van der Waals surface area (Å²) in [6.07, 6.45) is 0.517. The van der Waals surface area contributed by atoms with E-state index in [-0.39, 0.29) is 26.4 Å². The first kappa shape index (κ1) is 18.3. The van der Waals surface area contributed by atoms with Crippen molar-refractivity contribution in [1.29, 1.82) is 0 Å². The molecule has 0 aromatic rings. The Morgan fingerprint density at radius 3 is 1.50 bits per heavy atom. The standard InChI is InChI=1S/C14H22O6/c1-5-9-19-11(13(15)17-7-3)12(20-10-6-2)14(16)18-8-4/h5-6,11-12H,1-2,7-10H2,3-4H3. The lowest BCUT2D eigenvalue weighted by atomic mass is 10.2. The molecule has 0 N–H and O–H groups in total. The SMILES string of the molecule is C=CCOC(C(=O)OCC)C(OCC=C)C(=O)OCC. The Hall–Kier alpha value is -1.66. The molecule has 6 heteroatoms. The molecule has 0 rings (SSSR count). The molecule has 0 amide bonds. The van der Waals surface area contributed by atoms with E-state index in [0.717, 1.165) is 0 Å². The van der Waals surface area contributed by atoms with E-state index in [4.69, 9.17) is 18.9 Å². The summed E-state index contributed by atoms with van der Waals surface area (Å²) in [5, 5.41) is 0. The van der Waals surface area contributed by atoms with Crippen molar-refractivity contribution in [3.8, 4) is 0 Å². The number of esters is 2. The smallest absolute Gasteiger partial charge is 0.338 e. The lowest BCUT2D eigenvalue weighted by molar-refractivity contribution is -0.180. The van der Waals surface area contributed by atoms with Crippen LogP contribution in [-0.2, 0) is 28.5 Å². The average Bonchev–Trinajstić information content (AvgIpc) is 2.42. The summed E-state index contributed by atoms with van der Waals surface area (Å²) in [5.74, 6) is -1.37. The van der Waals surface area contributed by atoms with Crippen LogP contribution in [0.1, 0.15) is 13.8 Å². The van der Waals surface area contributed by atoms with Gasteiger partial charge in [-0.25, -0.2) is 9.59 Å². The van der Waals surface area contributed by atoms with Crippen molar-refractivity contribution in [1.82, 2.24) is 0 Å². The molecule has 2 atom stereocenters. The third-order valence-corrected chi connectivity index (χ3v) is 2.10. The second kappa shape index (κ2) is 11.2. The summed E-state index contributed by atoms with van der Waals surface area (Å²) >= 11 is 0. The van der Waals surface area contributed by atoms with Gasteiger partial charge < -0.3 is 18.9 Å². The van der Waals surface area contributed by atoms with Gasteiger partial charge in [0.15, 0.2) is 12.2 Å². The molecule has 2 unspecified atom stereocenters.